The predicted octanol–water partition coefficient (Wildman–Crippen LogP) is 8.46. The highest BCUT2D eigenvalue weighted by atomic mass is 16.5. The fraction of sp³-hybridized carbons (Fsp3) is 0.533. The molecule has 0 unspecified atom stereocenters. The first kappa shape index (κ1) is 28.4. The van der Waals surface area contributed by atoms with Crippen LogP contribution in [-0.4, -0.2) is 23.7 Å². The van der Waals surface area contributed by atoms with Crippen LogP contribution < -0.4 is 9.47 Å². The molecular formula is C30H42O5. The van der Waals surface area contributed by atoms with Gasteiger partial charge in [-0.05, 0) is 55.0 Å². The van der Waals surface area contributed by atoms with Crippen LogP contribution in [-0.2, 0) is 0 Å². The molecular weight excluding hydrogens is 440 g/mol. The number of unbranched alkanes of at least 4 members (excludes halogenated alkanes) is 13. The smallest absolute Gasteiger partial charge is 0.343 e. The normalized spacial score (nSPS) is 10.8. The Hall–Kier alpha value is -2.82. The number of esters is 1. The standard InChI is InChI=1S/C30H42O5/c1-2-3-4-5-6-7-8-9-10-11-12-13-14-15-24-34-27-20-22-28(23-21-27)35-30(33)26-18-16-25(17-19-26)29(31)32/h16-23H,2-15,24H2,1H3,(H,31,32). The van der Waals surface area contributed by atoms with Crippen LogP contribution in [0, 0.1) is 0 Å². The number of aromatic carboxylic acids is 1. The molecule has 0 aliphatic carbocycles. The van der Waals surface area contributed by atoms with E-state index in [1.807, 2.05) is 0 Å². The highest BCUT2D eigenvalue weighted by Gasteiger charge is 2.10. The largest absolute Gasteiger partial charge is 0.494 e. The zero-order chi connectivity index (χ0) is 25.1. The first-order valence-electron chi connectivity index (χ1n) is 13.4. The van der Waals surface area contributed by atoms with Gasteiger partial charge < -0.3 is 14.6 Å². The van der Waals surface area contributed by atoms with Gasteiger partial charge in [0.05, 0.1) is 17.7 Å². The number of hydrogen-bond donors (Lipinski definition) is 1. The molecule has 0 radical (unpaired) electrons. The average molecular weight is 483 g/mol. The molecule has 0 aromatic heterocycles. The summed E-state index contributed by atoms with van der Waals surface area (Å²) < 4.78 is 11.1. The maximum Gasteiger partial charge on any atom is 0.343 e. The summed E-state index contributed by atoms with van der Waals surface area (Å²) in [7, 11) is 0. The molecule has 2 aromatic rings. The third-order valence-corrected chi connectivity index (χ3v) is 6.17. The fourth-order valence-corrected chi connectivity index (χ4v) is 4.01. The van der Waals surface area contributed by atoms with Gasteiger partial charge in [0.1, 0.15) is 11.5 Å². The molecule has 0 bridgehead atoms. The van der Waals surface area contributed by atoms with Gasteiger partial charge in [0.2, 0.25) is 0 Å². The zero-order valence-corrected chi connectivity index (χ0v) is 21.3. The SMILES string of the molecule is CCCCCCCCCCCCCCCCOc1ccc(OC(=O)c2ccc(C(=O)O)cc2)cc1. The molecule has 1 N–H and O–H groups in total. The number of carbonyl (C=O) groups excluding carboxylic acids is 1. The molecule has 0 heterocycles. The number of carboxylic acid groups (broad SMARTS) is 1. The van der Waals surface area contributed by atoms with E-state index in [9.17, 15) is 9.59 Å². The van der Waals surface area contributed by atoms with Crippen LogP contribution in [0.1, 0.15) is 118 Å². The molecule has 0 saturated heterocycles. The molecule has 192 valence electrons. The highest BCUT2D eigenvalue weighted by molar-refractivity contribution is 5.93. The number of rotatable bonds is 19. The van der Waals surface area contributed by atoms with Crippen molar-refractivity contribution in [3.8, 4) is 11.5 Å². The van der Waals surface area contributed by atoms with Crippen LogP contribution in [0.15, 0.2) is 48.5 Å². The van der Waals surface area contributed by atoms with E-state index < -0.39 is 11.9 Å². The van der Waals surface area contributed by atoms with E-state index in [1.54, 1.807) is 24.3 Å². The first-order chi connectivity index (χ1) is 17.1. The number of carbonyl (C=O) groups is 2. The van der Waals surface area contributed by atoms with Gasteiger partial charge in [0.25, 0.3) is 0 Å². The Labute approximate surface area is 210 Å². The monoisotopic (exact) mass is 482 g/mol. The van der Waals surface area contributed by atoms with Crippen molar-refractivity contribution in [2.24, 2.45) is 0 Å². The summed E-state index contributed by atoms with van der Waals surface area (Å²) in [5, 5.41) is 8.93. The Morgan fingerprint density at radius 1 is 0.600 bits per heavy atom. The van der Waals surface area contributed by atoms with Gasteiger partial charge in [-0.1, -0.05) is 90.4 Å². The minimum Gasteiger partial charge on any atom is -0.494 e. The Kier molecular flexibility index (Phi) is 14.3. The lowest BCUT2D eigenvalue weighted by Gasteiger charge is -2.08. The Balaban J connectivity index is 1.48. The van der Waals surface area contributed by atoms with E-state index in [4.69, 9.17) is 14.6 Å². The molecule has 2 rings (SSSR count). The lowest BCUT2D eigenvalue weighted by Crippen LogP contribution is -2.09. The van der Waals surface area contributed by atoms with E-state index in [1.165, 1.54) is 108 Å². The maximum atomic E-state index is 12.2. The highest BCUT2D eigenvalue weighted by Crippen LogP contribution is 2.20. The molecule has 0 fully saturated rings. The molecule has 0 aliphatic heterocycles. The van der Waals surface area contributed by atoms with Crippen LogP contribution in [0.25, 0.3) is 0 Å². The third kappa shape index (κ3) is 12.4. The lowest BCUT2D eigenvalue weighted by molar-refractivity contribution is 0.0691. The summed E-state index contributed by atoms with van der Waals surface area (Å²) in [6, 6.07) is 12.6. The van der Waals surface area contributed by atoms with Crippen molar-refractivity contribution in [1.82, 2.24) is 0 Å². The van der Waals surface area contributed by atoms with Crippen molar-refractivity contribution in [2.75, 3.05) is 6.61 Å². The second-order valence-electron chi connectivity index (χ2n) is 9.19. The molecule has 35 heavy (non-hydrogen) atoms. The van der Waals surface area contributed by atoms with Crippen LogP contribution >= 0.6 is 0 Å². The van der Waals surface area contributed by atoms with Crippen molar-refractivity contribution >= 4 is 11.9 Å². The van der Waals surface area contributed by atoms with Crippen LogP contribution in [0.3, 0.4) is 0 Å². The first-order valence-corrected chi connectivity index (χ1v) is 13.4. The quantitative estimate of drug-likeness (QED) is 0.123. The van der Waals surface area contributed by atoms with Crippen molar-refractivity contribution in [1.29, 1.82) is 0 Å². The molecule has 2 aromatic carbocycles. The average Bonchev–Trinajstić information content (AvgIpc) is 2.87. The Morgan fingerprint density at radius 3 is 1.51 bits per heavy atom. The molecule has 0 amide bonds. The molecule has 0 saturated carbocycles. The van der Waals surface area contributed by atoms with Gasteiger partial charge in [-0.2, -0.15) is 0 Å². The van der Waals surface area contributed by atoms with Crippen molar-refractivity contribution in [2.45, 2.75) is 96.8 Å². The van der Waals surface area contributed by atoms with Gasteiger partial charge in [-0.3, -0.25) is 0 Å². The number of carboxylic acids is 1. The summed E-state index contributed by atoms with van der Waals surface area (Å²) >= 11 is 0. The number of ether oxygens (including phenoxy) is 2. The van der Waals surface area contributed by atoms with Crippen LogP contribution in [0.5, 0.6) is 11.5 Å². The third-order valence-electron chi connectivity index (χ3n) is 6.17. The second-order valence-corrected chi connectivity index (χ2v) is 9.19. The Morgan fingerprint density at radius 2 is 1.03 bits per heavy atom. The lowest BCUT2D eigenvalue weighted by atomic mass is 10.0. The summed E-state index contributed by atoms with van der Waals surface area (Å²) in [5.74, 6) is -0.390. The number of hydrogen-bond acceptors (Lipinski definition) is 4. The van der Waals surface area contributed by atoms with E-state index >= 15 is 0 Å². The summed E-state index contributed by atoms with van der Waals surface area (Å²) in [5.41, 5.74) is 0.426. The fourth-order valence-electron chi connectivity index (χ4n) is 4.01. The van der Waals surface area contributed by atoms with E-state index in [0.29, 0.717) is 17.9 Å². The molecule has 5 nitrogen and oxygen atoms in total. The summed E-state index contributed by atoms with van der Waals surface area (Å²) in [6.45, 7) is 2.96. The summed E-state index contributed by atoms with van der Waals surface area (Å²) in [6.07, 6.45) is 18.7. The molecule has 0 spiro atoms. The van der Waals surface area contributed by atoms with Gasteiger partial charge in [0, 0.05) is 0 Å². The van der Waals surface area contributed by atoms with E-state index in [-0.39, 0.29) is 5.56 Å². The van der Waals surface area contributed by atoms with Crippen molar-refractivity contribution in [3.05, 3.63) is 59.7 Å². The zero-order valence-electron chi connectivity index (χ0n) is 21.3. The topological polar surface area (TPSA) is 72.8 Å². The maximum absolute atomic E-state index is 12.2. The van der Waals surface area contributed by atoms with Gasteiger partial charge >= 0.3 is 11.9 Å². The minimum atomic E-state index is -1.03. The molecule has 5 heteroatoms. The predicted molar refractivity (Wildman–Crippen MR) is 141 cm³/mol. The summed E-state index contributed by atoms with van der Waals surface area (Å²) in [4.78, 5) is 23.1. The van der Waals surface area contributed by atoms with Gasteiger partial charge in [-0.15, -0.1) is 0 Å². The van der Waals surface area contributed by atoms with Gasteiger partial charge in [0.15, 0.2) is 0 Å². The Bertz CT molecular complexity index is 842. The van der Waals surface area contributed by atoms with E-state index in [2.05, 4.69) is 6.92 Å². The van der Waals surface area contributed by atoms with Crippen molar-refractivity contribution < 1.29 is 24.2 Å². The minimum absolute atomic E-state index is 0.127. The number of benzene rings is 2. The molecule has 0 aliphatic rings. The second kappa shape index (κ2) is 17.6. The van der Waals surface area contributed by atoms with Crippen LogP contribution in [0.2, 0.25) is 0 Å². The van der Waals surface area contributed by atoms with Crippen molar-refractivity contribution in [3.63, 3.8) is 0 Å². The van der Waals surface area contributed by atoms with Crippen LogP contribution in [0.4, 0.5) is 0 Å². The molecule has 0 atom stereocenters. The van der Waals surface area contributed by atoms with E-state index in [0.717, 1.165) is 12.2 Å². The van der Waals surface area contributed by atoms with Gasteiger partial charge in [-0.25, -0.2) is 9.59 Å².